The Hall–Kier alpha value is -3.98. The van der Waals surface area contributed by atoms with E-state index in [2.05, 4.69) is 10.6 Å². The summed E-state index contributed by atoms with van der Waals surface area (Å²) >= 11 is 5.90. The summed E-state index contributed by atoms with van der Waals surface area (Å²) in [6, 6.07) is 15.1. The zero-order valence-electron chi connectivity index (χ0n) is 19.7. The molecule has 5 rings (SSSR count). The van der Waals surface area contributed by atoms with Gasteiger partial charge in [0.15, 0.2) is 0 Å². The number of rotatable bonds is 6. The van der Waals surface area contributed by atoms with Gasteiger partial charge in [0, 0.05) is 42.1 Å². The van der Waals surface area contributed by atoms with Crippen LogP contribution in [-0.4, -0.2) is 40.3 Å². The number of nitrogens with one attached hydrogen (secondary N) is 2. The second-order valence-corrected chi connectivity index (χ2v) is 9.60. The van der Waals surface area contributed by atoms with Crippen molar-refractivity contribution in [2.75, 3.05) is 23.7 Å². The fourth-order valence-corrected chi connectivity index (χ4v) is 4.92. The Bertz CT molecular complexity index is 1420. The number of carbonyl (C=O) groups is 3. The maximum absolute atomic E-state index is 14.9. The summed E-state index contributed by atoms with van der Waals surface area (Å²) in [6.45, 7) is 1.17. The largest absolute Gasteiger partial charge is 0.342 e. The normalized spacial score (nSPS) is 20.4. The number of anilines is 2. The van der Waals surface area contributed by atoms with Gasteiger partial charge >= 0.3 is 0 Å². The Morgan fingerprint density at radius 2 is 1.54 bits per heavy atom. The van der Waals surface area contributed by atoms with E-state index in [1.165, 1.54) is 29.0 Å². The number of halogens is 2. The molecule has 2 fully saturated rings. The van der Waals surface area contributed by atoms with E-state index in [9.17, 15) is 23.6 Å². The minimum atomic E-state index is -0.934. The molecular formula is C27H24ClFN4O4. The first-order valence-electron chi connectivity index (χ1n) is 12.0. The van der Waals surface area contributed by atoms with Crippen LogP contribution in [0.2, 0.25) is 5.02 Å². The quantitative estimate of drug-likeness (QED) is 0.515. The van der Waals surface area contributed by atoms with Crippen molar-refractivity contribution in [1.29, 1.82) is 0 Å². The third-order valence-corrected chi connectivity index (χ3v) is 7.00. The Morgan fingerprint density at radius 1 is 0.865 bits per heavy atom. The first-order valence-corrected chi connectivity index (χ1v) is 12.3. The third kappa shape index (κ3) is 5.13. The van der Waals surface area contributed by atoms with E-state index < -0.39 is 35.4 Å². The molecule has 190 valence electrons. The number of hydrogen-bond donors (Lipinski definition) is 2. The van der Waals surface area contributed by atoms with Gasteiger partial charge in [0.05, 0.1) is 29.1 Å². The molecule has 1 saturated carbocycles. The van der Waals surface area contributed by atoms with Crippen LogP contribution in [0.4, 0.5) is 15.8 Å². The zero-order valence-corrected chi connectivity index (χ0v) is 20.5. The highest BCUT2D eigenvalue weighted by molar-refractivity contribution is 6.30. The summed E-state index contributed by atoms with van der Waals surface area (Å²) < 4.78 is 16.2. The molecule has 1 aliphatic heterocycles. The molecule has 3 atom stereocenters. The van der Waals surface area contributed by atoms with Crippen LogP contribution in [0.1, 0.15) is 12.8 Å². The number of pyridine rings is 1. The molecule has 3 amide bonds. The van der Waals surface area contributed by atoms with Crippen molar-refractivity contribution in [2.45, 2.75) is 12.8 Å². The van der Waals surface area contributed by atoms with Crippen LogP contribution in [0.3, 0.4) is 0 Å². The van der Waals surface area contributed by atoms with Gasteiger partial charge in [0.2, 0.25) is 17.7 Å². The Morgan fingerprint density at radius 3 is 2.19 bits per heavy atom. The van der Waals surface area contributed by atoms with Gasteiger partial charge in [-0.1, -0.05) is 17.7 Å². The van der Waals surface area contributed by atoms with Crippen molar-refractivity contribution in [1.82, 2.24) is 9.47 Å². The van der Waals surface area contributed by atoms with Gasteiger partial charge < -0.3 is 15.5 Å². The molecule has 8 nitrogen and oxygen atoms in total. The van der Waals surface area contributed by atoms with Gasteiger partial charge in [-0.05, 0) is 55.3 Å². The second-order valence-electron chi connectivity index (χ2n) is 9.17. The molecule has 0 spiro atoms. The van der Waals surface area contributed by atoms with E-state index in [0.717, 1.165) is 18.9 Å². The summed E-state index contributed by atoms with van der Waals surface area (Å²) in [4.78, 5) is 53.1. The van der Waals surface area contributed by atoms with Gasteiger partial charge in [-0.2, -0.15) is 0 Å². The maximum atomic E-state index is 14.9. The summed E-state index contributed by atoms with van der Waals surface area (Å²) in [5.74, 6) is -4.70. The maximum Gasteiger partial charge on any atom is 0.255 e. The molecule has 2 N–H and O–H groups in total. The molecule has 0 radical (unpaired) electrons. The molecular weight excluding hydrogens is 499 g/mol. The lowest BCUT2D eigenvalue weighted by Gasteiger charge is -2.15. The zero-order chi connectivity index (χ0) is 26.1. The van der Waals surface area contributed by atoms with Crippen molar-refractivity contribution < 1.29 is 18.8 Å². The Labute approximate surface area is 217 Å². The summed E-state index contributed by atoms with van der Waals surface area (Å²) in [6.07, 6.45) is 3.26. The minimum absolute atomic E-state index is 0.103. The Balaban J connectivity index is 1.34. The number of aromatic nitrogens is 1. The van der Waals surface area contributed by atoms with Gasteiger partial charge in [0.1, 0.15) is 5.82 Å². The number of benzene rings is 2. The average Bonchev–Trinajstić information content (AvgIpc) is 3.40. The van der Waals surface area contributed by atoms with E-state index in [4.69, 9.17) is 11.6 Å². The first kappa shape index (κ1) is 24.7. The molecule has 37 heavy (non-hydrogen) atoms. The van der Waals surface area contributed by atoms with Gasteiger partial charge in [0.25, 0.3) is 5.56 Å². The van der Waals surface area contributed by atoms with E-state index in [0.29, 0.717) is 29.5 Å². The van der Waals surface area contributed by atoms with Crippen molar-refractivity contribution in [2.24, 2.45) is 17.8 Å². The lowest BCUT2D eigenvalue weighted by molar-refractivity contribution is -0.133. The highest BCUT2D eigenvalue weighted by atomic mass is 35.5. The van der Waals surface area contributed by atoms with Crippen molar-refractivity contribution >= 4 is 40.7 Å². The average molecular weight is 523 g/mol. The van der Waals surface area contributed by atoms with E-state index in [1.54, 1.807) is 41.3 Å². The highest BCUT2D eigenvalue weighted by Crippen LogP contribution is 2.49. The Kier molecular flexibility index (Phi) is 6.80. The van der Waals surface area contributed by atoms with Gasteiger partial charge in [-0.25, -0.2) is 4.39 Å². The second kappa shape index (κ2) is 10.2. The molecule has 0 bridgehead atoms. The fourth-order valence-electron chi connectivity index (χ4n) is 4.79. The number of carbonyl (C=O) groups excluding carboxylic acids is 3. The first-order chi connectivity index (χ1) is 17.8. The molecule has 1 saturated heterocycles. The summed E-state index contributed by atoms with van der Waals surface area (Å²) in [5, 5.41) is 5.78. The smallest absolute Gasteiger partial charge is 0.255 e. The molecule has 2 aliphatic rings. The molecule has 10 heteroatoms. The fraction of sp³-hybridized carbons (Fsp3) is 0.259. The predicted octanol–water partition coefficient (Wildman–Crippen LogP) is 3.69. The van der Waals surface area contributed by atoms with Crippen LogP contribution in [-0.2, 0) is 14.4 Å². The highest BCUT2D eigenvalue weighted by Gasteiger charge is 2.63. The van der Waals surface area contributed by atoms with E-state index in [-0.39, 0.29) is 17.2 Å². The predicted molar refractivity (Wildman–Crippen MR) is 137 cm³/mol. The van der Waals surface area contributed by atoms with Crippen molar-refractivity contribution in [3.8, 4) is 5.69 Å². The molecule has 0 unspecified atom stereocenters. The summed E-state index contributed by atoms with van der Waals surface area (Å²) in [7, 11) is 0. The molecule has 2 aromatic carbocycles. The number of hydrogen-bond acceptors (Lipinski definition) is 4. The SMILES string of the molecule is O=C(Nc1ccc(Cl)cc1)[C@@H]1[C@H](C(=O)Nc2ccc(-n3ccccc3=O)cc2F)[C@H]1C(=O)N1CCCC1. The van der Waals surface area contributed by atoms with Crippen LogP contribution in [0.15, 0.2) is 71.7 Å². The molecule has 1 aromatic heterocycles. The van der Waals surface area contributed by atoms with Gasteiger partial charge in [-0.15, -0.1) is 0 Å². The van der Waals surface area contributed by atoms with Gasteiger partial charge in [-0.3, -0.25) is 23.7 Å². The third-order valence-electron chi connectivity index (χ3n) is 6.75. The van der Waals surface area contributed by atoms with Crippen molar-refractivity contribution in [3.63, 3.8) is 0 Å². The minimum Gasteiger partial charge on any atom is -0.342 e. The van der Waals surface area contributed by atoms with E-state index in [1.807, 2.05) is 0 Å². The van der Waals surface area contributed by atoms with Crippen LogP contribution < -0.4 is 16.2 Å². The lowest BCUT2D eigenvalue weighted by Crippen LogP contribution is -2.31. The topological polar surface area (TPSA) is 101 Å². The molecule has 2 heterocycles. The monoisotopic (exact) mass is 522 g/mol. The van der Waals surface area contributed by atoms with Crippen LogP contribution in [0, 0.1) is 23.6 Å². The standard InChI is InChI=1S/C27H24ClFN4O4/c28-16-6-8-17(9-7-16)30-25(35)22-23(24(22)27(37)32-12-3-4-13-32)26(36)31-20-11-10-18(15-19(20)29)33-14-2-1-5-21(33)34/h1-2,5-11,14-15,22-24H,3-4,12-13H2,(H,30,35)(H,31,36)/t22-,23+,24+/m1/s1. The van der Waals surface area contributed by atoms with Crippen LogP contribution in [0.5, 0.6) is 0 Å². The molecule has 3 aromatic rings. The lowest BCUT2D eigenvalue weighted by atomic mass is 10.2. The summed E-state index contributed by atoms with van der Waals surface area (Å²) in [5.41, 5.74) is 0.365. The number of amides is 3. The molecule has 1 aliphatic carbocycles. The number of nitrogens with zero attached hydrogens (tertiary/aromatic N) is 2. The van der Waals surface area contributed by atoms with Crippen LogP contribution in [0.25, 0.3) is 5.69 Å². The van der Waals surface area contributed by atoms with E-state index >= 15 is 0 Å². The number of likely N-dealkylation sites (tertiary alicyclic amines) is 1. The van der Waals surface area contributed by atoms with Crippen molar-refractivity contribution in [3.05, 3.63) is 88.1 Å². The van der Waals surface area contributed by atoms with Crippen LogP contribution >= 0.6 is 11.6 Å².